The molecule has 0 aromatic rings. The molecule has 2 heterocycles. The van der Waals surface area contributed by atoms with E-state index in [2.05, 4.69) is 24.1 Å². The number of hydrogen-bond acceptors (Lipinski definition) is 3. The van der Waals surface area contributed by atoms with E-state index in [-0.39, 0.29) is 5.60 Å². The second-order valence-corrected chi connectivity index (χ2v) is 7.67. The van der Waals surface area contributed by atoms with Crippen LogP contribution >= 0.6 is 0 Å². The lowest BCUT2D eigenvalue weighted by Gasteiger charge is -2.50. The Morgan fingerprint density at radius 2 is 2.10 bits per heavy atom. The molecule has 116 valence electrons. The van der Waals surface area contributed by atoms with Gasteiger partial charge in [0.25, 0.3) is 0 Å². The topological polar surface area (TPSA) is 24.5 Å². The number of ether oxygens (including phenoxy) is 1. The summed E-state index contributed by atoms with van der Waals surface area (Å²) in [6.07, 6.45) is 9.23. The Labute approximate surface area is 124 Å². The van der Waals surface area contributed by atoms with Crippen LogP contribution in [0, 0.1) is 5.92 Å². The van der Waals surface area contributed by atoms with Crippen LogP contribution in [0.1, 0.15) is 58.8 Å². The highest BCUT2D eigenvalue weighted by Gasteiger charge is 2.44. The molecule has 3 heteroatoms. The molecule has 20 heavy (non-hydrogen) atoms. The summed E-state index contributed by atoms with van der Waals surface area (Å²) in [5, 5.41) is 3.68. The first-order valence-corrected chi connectivity index (χ1v) is 8.78. The molecular weight excluding hydrogens is 248 g/mol. The summed E-state index contributed by atoms with van der Waals surface area (Å²) >= 11 is 0. The average Bonchev–Trinajstić information content (AvgIpc) is 2.89. The highest BCUT2D eigenvalue weighted by Crippen LogP contribution is 2.43. The second-order valence-electron chi connectivity index (χ2n) is 7.67. The molecule has 3 rings (SSSR count). The van der Waals surface area contributed by atoms with E-state index in [4.69, 9.17) is 4.74 Å². The minimum atomic E-state index is 0.279. The second kappa shape index (κ2) is 6.33. The predicted molar refractivity (Wildman–Crippen MR) is 83.0 cm³/mol. The maximum absolute atomic E-state index is 6.11. The van der Waals surface area contributed by atoms with Gasteiger partial charge < -0.3 is 10.1 Å². The van der Waals surface area contributed by atoms with E-state index in [1.807, 2.05) is 0 Å². The average molecular weight is 280 g/mol. The van der Waals surface area contributed by atoms with Gasteiger partial charge in [-0.1, -0.05) is 13.8 Å². The molecular formula is C17H32N2O. The molecule has 2 saturated heterocycles. The summed E-state index contributed by atoms with van der Waals surface area (Å²) in [5.41, 5.74) is 0.279. The smallest absolute Gasteiger partial charge is 0.0697 e. The van der Waals surface area contributed by atoms with Crippen molar-refractivity contribution >= 4 is 0 Å². The van der Waals surface area contributed by atoms with Crippen molar-refractivity contribution in [3.8, 4) is 0 Å². The molecule has 0 bridgehead atoms. The van der Waals surface area contributed by atoms with Crippen molar-refractivity contribution < 1.29 is 4.74 Å². The van der Waals surface area contributed by atoms with Crippen LogP contribution in [-0.4, -0.2) is 48.8 Å². The van der Waals surface area contributed by atoms with Gasteiger partial charge in [-0.15, -0.1) is 0 Å². The first-order chi connectivity index (χ1) is 9.67. The maximum Gasteiger partial charge on any atom is 0.0697 e. The van der Waals surface area contributed by atoms with Gasteiger partial charge in [-0.05, 0) is 57.4 Å². The normalized spacial score (nSPS) is 33.0. The number of hydrogen-bond donors (Lipinski definition) is 1. The van der Waals surface area contributed by atoms with E-state index < -0.39 is 0 Å². The molecule has 3 nitrogen and oxygen atoms in total. The van der Waals surface area contributed by atoms with E-state index in [0.29, 0.717) is 0 Å². The Balaban J connectivity index is 1.60. The van der Waals surface area contributed by atoms with Crippen molar-refractivity contribution in [2.75, 3.05) is 26.2 Å². The molecule has 1 spiro atoms. The van der Waals surface area contributed by atoms with E-state index in [9.17, 15) is 0 Å². The fourth-order valence-corrected chi connectivity index (χ4v) is 4.27. The van der Waals surface area contributed by atoms with Crippen LogP contribution in [-0.2, 0) is 4.74 Å². The van der Waals surface area contributed by atoms with Gasteiger partial charge in [-0.3, -0.25) is 4.90 Å². The van der Waals surface area contributed by atoms with Crippen molar-refractivity contribution in [2.24, 2.45) is 5.92 Å². The van der Waals surface area contributed by atoms with Crippen LogP contribution in [0.4, 0.5) is 0 Å². The van der Waals surface area contributed by atoms with Crippen LogP contribution in [0.5, 0.6) is 0 Å². The zero-order valence-electron chi connectivity index (χ0n) is 13.4. The molecule has 3 fully saturated rings. The Morgan fingerprint density at radius 1 is 1.25 bits per heavy atom. The van der Waals surface area contributed by atoms with E-state index in [0.717, 1.165) is 24.6 Å². The van der Waals surface area contributed by atoms with Gasteiger partial charge >= 0.3 is 0 Å². The Kier molecular flexibility index (Phi) is 4.68. The largest absolute Gasteiger partial charge is 0.375 e. The van der Waals surface area contributed by atoms with Crippen LogP contribution in [0.3, 0.4) is 0 Å². The SMILES string of the molecule is CC(C)CN(CC1CCCN1)C1CCOC2(CCC2)C1. The predicted octanol–water partition coefficient (Wildman–Crippen LogP) is 2.80. The fraction of sp³-hybridized carbons (Fsp3) is 1.00. The van der Waals surface area contributed by atoms with Gasteiger partial charge in [-0.2, -0.15) is 0 Å². The van der Waals surface area contributed by atoms with E-state index >= 15 is 0 Å². The standard InChI is InChI=1S/C17H32N2O/c1-14(2)12-19(13-15-5-3-9-18-15)16-6-10-20-17(11-16)7-4-8-17/h14-16,18H,3-13H2,1-2H3. The van der Waals surface area contributed by atoms with Crippen molar-refractivity contribution in [3.05, 3.63) is 0 Å². The number of nitrogens with one attached hydrogen (secondary N) is 1. The van der Waals surface area contributed by atoms with Gasteiger partial charge in [0.1, 0.15) is 0 Å². The molecule has 0 radical (unpaired) electrons. The lowest BCUT2D eigenvalue weighted by atomic mass is 9.73. The third kappa shape index (κ3) is 3.37. The third-order valence-electron chi connectivity index (χ3n) is 5.47. The van der Waals surface area contributed by atoms with E-state index in [1.54, 1.807) is 0 Å². The third-order valence-corrected chi connectivity index (χ3v) is 5.47. The maximum atomic E-state index is 6.11. The number of rotatable bonds is 5. The van der Waals surface area contributed by atoms with Crippen molar-refractivity contribution in [2.45, 2.75) is 76.5 Å². The summed E-state index contributed by atoms with van der Waals surface area (Å²) < 4.78 is 6.11. The molecule has 2 unspecified atom stereocenters. The molecule has 2 aliphatic heterocycles. The lowest BCUT2D eigenvalue weighted by Crippen LogP contribution is -2.54. The molecule has 1 aliphatic carbocycles. The summed E-state index contributed by atoms with van der Waals surface area (Å²) in [4.78, 5) is 2.79. The summed E-state index contributed by atoms with van der Waals surface area (Å²) in [6.45, 7) is 9.41. The van der Waals surface area contributed by atoms with Crippen molar-refractivity contribution in [1.82, 2.24) is 10.2 Å². The van der Waals surface area contributed by atoms with Crippen LogP contribution < -0.4 is 5.32 Å². The molecule has 0 aromatic heterocycles. The zero-order chi connectivity index (χ0) is 14.0. The quantitative estimate of drug-likeness (QED) is 0.838. The molecule has 1 saturated carbocycles. The first kappa shape index (κ1) is 14.8. The van der Waals surface area contributed by atoms with Crippen molar-refractivity contribution in [1.29, 1.82) is 0 Å². The highest BCUT2D eigenvalue weighted by atomic mass is 16.5. The molecule has 3 aliphatic rings. The van der Waals surface area contributed by atoms with E-state index in [1.165, 1.54) is 64.6 Å². The van der Waals surface area contributed by atoms with Gasteiger partial charge in [0.2, 0.25) is 0 Å². The fourth-order valence-electron chi connectivity index (χ4n) is 4.27. The number of nitrogens with zero attached hydrogens (tertiary/aromatic N) is 1. The molecule has 1 N–H and O–H groups in total. The lowest BCUT2D eigenvalue weighted by molar-refractivity contribution is -0.149. The van der Waals surface area contributed by atoms with Crippen LogP contribution in [0.2, 0.25) is 0 Å². The zero-order valence-corrected chi connectivity index (χ0v) is 13.4. The van der Waals surface area contributed by atoms with Crippen LogP contribution in [0.25, 0.3) is 0 Å². The van der Waals surface area contributed by atoms with Gasteiger partial charge in [0.15, 0.2) is 0 Å². The molecule has 2 atom stereocenters. The molecule has 0 amide bonds. The minimum Gasteiger partial charge on any atom is -0.375 e. The minimum absolute atomic E-state index is 0.279. The molecule has 0 aromatic carbocycles. The summed E-state index contributed by atoms with van der Waals surface area (Å²) in [6, 6.07) is 1.49. The van der Waals surface area contributed by atoms with Gasteiger partial charge in [-0.25, -0.2) is 0 Å². The Bertz CT molecular complexity index is 308. The monoisotopic (exact) mass is 280 g/mol. The van der Waals surface area contributed by atoms with Crippen molar-refractivity contribution in [3.63, 3.8) is 0 Å². The van der Waals surface area contributed by atoms with Crippen LogP contribution in [0.15, 0.2) is 0 Å². The summed E-state index contributed by atoms with van der Waals surface area (Å²) in [7, 11) is 0. The van der Waals surface area contributed by atoms with Gasteiger partial charge in [0, 0.05) is 31.8 Å². The van der Waals surface area contributed by atoms with Gasteiger partial charge in [0.05, 0.1) is 5.60 Å². The Morgan fingerprint density at radius 3 is 2.70 bits per heavy atom. The summed E-state index contributed by atoms with van der Waals surface area (Å²) in [5.74, 6) is 0.761. The first-order valence-electron chi connectivity index (χ1n) is 8.78. The highest BCUT2D eigenvalue weighted by molar-refractivity contribution is 4.97. The Hall–Kier alpha value is -0.120.